The zero-order chi connectivity index (χ0) is 21.9. The van der Waals surface area contributed by atoms with E-state index in [1.165, 1.54) is 35.9 Å². The maximum atomic E-state index is 13.2. The van der Waals surface area contributed by atoms with Crippen molar-refractivity contribution in [2.45, 2.75) is 30.8 Å². The zero-order valence-electron chi connectivity index (χ0n) is 15.8. The van der Waals surface area contributed by atoms with E-state index in [0.717, 1.165) is 12.5 Å². The summed E-state index contributed by atoms with van der Waals surface area (Å²) in [5, 5.41) is 3.69. The van der Waals surface area contributed by atoms with Crippen molar-refractivity contribution in [1.82, 2.24) is 14.5 Å². The Morgan fingerprint density at radius 2 is 1.93 bits per heavy atom. The number of nitrogens with one attached hydrogen (secondary N) is 1. The summed E-state index contributed by atoms with van der Waals surface area (Å²) in [7, 11) is -4.18. The lowest BCUT2D eigenvalue weighted by Crippen LogP contribution is -2.31. The summed E-state index contributed by atoms with van der Waals surface area (Å²) in [4.78, 5) is 11.2. The van der Waals surface area contributed by atoms with Crippen molar-refractivity contribution in [2.24, 2.45) is 0 Å². The molecule has 160 valence electrons. The number of carbonyl (C=O) groups excluding carboxylic acids is 1. The SMILES string of the molecule is CCOC(=O)NS(=O)(=O)c1ccc(-c2cc(C(F)(F)F)nn2C2=CCCC=C2)cc1. The number of hydrogen-bond acceptors (Lipinski definition) is 5. The minimum atomic E-state index is -4.63. The zero-order valence-corrected chi connectivity index (χ0v) is 16.6. The second kappa shape index (κ2) is 8.34. The molecule has 1 heterocycles. The summed E-state index contributed by atoms with van der Waals surface area (Å²) in [5.41, 5.74) is -0.0825. The first kappa shape index (κ1) is 21.6. The Labute approximate surface area is 170 Å². The topological polar surface area (TPSA) is 90.3 Å². The fourth-order valence-electron chi connectivity index (χ4n) is 2.81. The second-order valence-electron chi connectivity index (χ2n) is 6.28. The molecule has 0 unspecified atom stereocenters. The molecule has 7 nitrogen and oxygen atoms in total. The minimum absolute atomic E-state index is 0.00385. The van der Waals surface area contributed by atoms with Gasteiger partial charge in [0.15, 0.2) is 5.69 Å². The van der Waals surface area contributed by atoms with Crippen molar-refractivity contribution in [2.75, 3.05) is 6.61 Å². The van der Waals surface area contributed by atoms with Gasteiger partial charge in [-0.2, -0.15) is 18.3 Å². The molecule has 0 atom stereocenters. The molecule has 0 radical (unpaired) electrons. The lowest BCUT2D eigenvalue weighted by Gasteiger charge is -2.12. The number of sulfonamides is 1. The molecule has 1 N–H and O–H groups in total. The van der Waals surface area contributed by atoms with Crippen LogP contribution in [0.25, 0.3) is 17.0 Å². The van der Waals surface area contributed by atoms with Gasteiger partial charge in [0.2, 0.25) is 0 Å². The molecule has 0 aliphatic heterocycles. The molecule has 1 aliphatic carbocycles. The number of amides is 1. The number of halogens is 3. The molecule has 0 fully saturated rings. The molecule has 0 saturated heterocycles. The summed E-state index contributed by atoms with van der Waals surface area (Å²) in [6.07, 6.45) is 0.998. The van der Waals surface area contributed by atoms with Crippen LogP contribution in [0.3, 0.4) is 0 Å². The van der Waals surface area contributed by atoms with Crippen LogP contribution in [-0.4, -0.2) is 30.9 Å². The van der Waals surface area contributed by atoms with Crippen LogP contribution in [0.4, 0.5) is 18.0 Å². The van der Waals surface area contributed by atoms with Crippen molar-refractivity contribution in [1.29, 1.82) is 0 Å². The van der Waals surface area contributed by atoms with E-state index in [2.05, 4.69) is 9.84 Å². The number of nitrogens with zero attached hydrogens (tertiary/aromatic N) is 2. The van der Waals surface area contributed by atoms with Crippen LogP contribution in [0, 0.1) is 0 Å². The lowest BCUT2D eigenvalue weighted by molar-refractivity contribution is -0.141. The fraction of sp³-hybridized carbons (Fsp3) is 0.263. The van der Waals surface area contributed by atoms with Crippen molar-refractivity contribution in [3.8, 4) is 11.3 Å². The van der Waals surface area contributed by atoms with Crippen LogP contribution in [0.15, 0.2) is 53.5 Å². The molecular weight excluding hydrogens is 423 g/mol. The monoisotopic (exact) mass is 441 g/mol. The highest BCUT2D eigenvalue weighted by atomic mass is 32.2. The van der Waals surface area contributed by atoms with Gasteiger partial charge in [-0.05, 0) is 44.0 Å². The fourth-order valence-corrected chi connectivity index (χ4v) is 3.70. The molecule has 0 bridgehead atoms. The summed E-state index contributed by atoms with van der Waals surface area (Å²) in [6.45, 7) is 1.52. The summed E-state index contributed by atoms with van der Waals surface area (Å²) in [5.74, 6) is 0. The van der Waals surface area contributed by atoms with Crippen molar-refractivity contribution >= 4 is 21.8 Å². The smallest absolute Gasteiger partial charge is 0.435 e. The van der Waals surface area contributed by atoms with Gasteiger partial charge in [0.05, 0.1) is 22.9 Å². The first-order chi connectivity index (χ1) is 14.1. The number of rotatable bonds is 5. The number of benzene rings is 1. The Morgan fingerprint density at radius 3 is 2.50 bits per heavy atom. The van der Waals surface area contributed by atoms with Crippen molar-refractivity contribution in [3.05, 3.63) is 54.3 Å². The molecule has 1 amide bonds. The summed E-state index contributed by atoms with van der Waals surface area (Å²) >= 11 is 0. The maximum Gasteiger partial charge on any atom is 0.435 e. The van der Waals surface area contributed by atoms with E-state index in [1.807, 2.05) is 6.08 Å². The van der Waals surface area contributed by atoms with Gasteiger partial charge < -0.3 is 4.74 Å². The minimum Gasteiger partial charge on any atom is -0.449 e. The molecule has 1 aromatic carbocycles. The third-order valence-electron chi connectivity index (χ3n) is 4.17. The normalized spacial score (nSPS) is 14.3. The van der Waals surface area contributed by atoms with Crippen molar-refractivity contribution in [3.63, 3.8) is 0 Å². The molecule has 1 aromatic heterocycles. The van der Waals surface area contributed by atoms with E-state index in [4.69, 9.17) is 0 Å². The molecule has 30 heavy (non-hydrogen) atoms. The van der Waals surface area contributed by atoms with E-state index in [-0.39, 0.29) is 17.2 Å². The number of allylic oxidation sites excluding steroid dienone is 4. The van der Waals surface area contributed by atoms with E-state index < -0.39 is 28.0 Å². The van der Waals surface area contributed by atoms with E-state index in [9.17, 15) is 26.4 Å². The second-order valence-corrected chi connectivity index (χ2v) is 7.97. The standard InChI is InChI=1S/C19H18F3N3O4S/c1-2-29-18(26)24-30(27,28)15-10-8-13(9-11-15)16-12-17(19(20,21)22)23-25(16)14-6-4-3-5-7-14/h4,6-12H,2-3,5H2,1H3,(H,24,26). The van der Waals surface area contributed by atoms with Crippen LogP contribution in [0.2, 0.25) is 0 Å². The van der Waals surface area contributed by atoms with Crippen LogP contribution in [0.5, 0.6) is 0 Å². The number of ether oxygens (including phenoxy) is 1. The van der Waals surface area contributed by atoms with Gasteiger partial charge in [0.1, 0.15) is 0 Å². The quantitative estimate of drug-likeness (QED) is 0.751. The number of aromatic nitrogens is 2. The lowest BCUT2D eigenvalue weighted by atomic mass is 10.1. The predicted molar refractivity (Wildman–Crippen MR) is 103 cm³/mol. The third-order valence-corrected chi connectivity index (χ3v) is 5.50. The molecular formula is C19H18F3N3O4S. The van der Waals surface area contributed by atoms with Crippen LogP contribution in [-0.2, 0) is 20.9 Å². The Kier molecular flexibility index (Phi) is 6.01. The van der Waals surface area contributed by atoms with Crippen molar-refractivity contribution < 1.29 is 31.1 Å². The molecule has 1 aliphatic rings. The largest absolute Gasteiger partial charge is 0.449 e. The van der Waals surface area contributed by atoms with E-state index in [0.29, 0.717) is 17.7 Å². The molecule has 0 spiro atoms. The average Bonchev–Trinajstić information content (AvgIpc) is 3.14. The predicted octanol–water partition coefficient (Wildman–Crippen LogP) is 4.19. The average molecular weight is 441 g/mol. The van der Waals surface area contributed by atoms with Crippen LogP contribution in [0.1, 0.15) is 25.5 Å². The highest BCUT2D eigenvalue weighted by Crippen LogP contribution is 2.34. The van der Waals surface area contributed by atoms with Gasteiger partial charge in [0.25, 0.3) is 10.0 Å². The Bertz CT molecular complexity index is 1100. The summed E-state index contributed by atoms with van der Waals surface area (Å²) < 4.78 is 71.6. The van der Waals surface area contributed by atoms with Gasteiger partial charge in [-0.3, -0.25) is 0 Å². The third kappa shape index (κ3) is 4.73. The highest BCUT2D eigenvalue weighted by molar-refractivity contribution is 7.90. The number of hydrogen-bond donors (Lipinski definition) is 1. The Hall–Kier alpha value is -3.08. The van der Waals surface area contributed by atoms with Crippen LogP contribution < -0.4 is 4.72 Å². The van der Waals surface area contributed by atoms with Gasteiger partial charge >= 0.3 is 12.3 Å². The number of alkyl halides is 3. The van der Waals surface area contributed by atoms with Gasteiger partial charge in [-0.25, -0.2) is 22.6 Å². The molecule has 3 rings (SSSR count). The number of carbonyl (C=O) groups is 1. The maximum absolute atomic E-state index is 13.2. The summed E-state index contributed by atoms with van der Waals surface area (Å²) in [6, 6.07) is 5.98. The molecule has 0 saturated carbocycles. The van der Waals surface area contributed by atoms with Gasteiger partial charge in [-0.1, -0.05) is 24.3 Å². The highest BCUT2D eigenvalue weighted by Gasteiger charge is 2.35. The Balaban J connectivity index is 1.98. The van der Waals surface area contributed by atoms with Crippen LogP contribution >= 0.6 is 0 Å². The Morgan fingerprint density at radius 1 is 1.23 bits per heavy atom. The molecule has 2 aromatic rings. The van der Waals surface area contributed by atoms with E-state index >= 15 is 0 Å². The first-order valence-electron chi connectivity index (χ1n) is 8.96. The van der Waals surface area contributed by atoms with Gasteiger partial charge in [-0.15, -0.1) is 0 Å². The van der Waals surface area contributed by atoms with E-state index in [1.54, 1.807) is 16.9 Å². The van der Waals surface area contributed by atoms with Gasteiger partial charge in [0, 0.05) is 5.56 Å². The molecule has 11 heteroatoms. The first-order valence-corrected chi connectivity index (χ1v) is 10.4.